The molecule has 0 aliphatic rings. The third-order valence-corrected chi connectivity index (χ3v) is 2.92. The Morgan fingerprint density at radius 3 is 2.94 bits per heavy atom. The van der Waals surface area contributed by atoms with E-state index in [0.717, 1.165) is 6.20 Å². The van der Waals surface area contributed by atoms with Gasteiger partial charge in [0.25, 0.3) is 5.78 Å². The molecule has 0 unspecified atom stereocenters. The maximum absolute atomic E-state index is 13.7. The van der Waals surface area contributed by atoms with Gasteiger partial charge in [0.05, 0.1) is 29.3 Å². The number of aromatic amines is 1. The van der Waals surface area contributed by atoms with E-state index in [1.807, 2.05) is 0 Å². The van der Waals surface area contributed by atoms with Crippen LogP contribution >= 0.6 is 15.9 Å². The molecule has 0 fully saturated rings. The Balaban J connectivity index is 2.56. The summed E-state index contributed by atoms with van der Waals surface area (Å²) in [6.45, 7) is 1.67. The van der Waals surface area contributed by atoms with E-state index in [-0.39, 0.29) is 17.6 Å². The van der Waals surface area contributed by atoms with E-state index >= 15 is 0 Å². The van der Waals surface area contributed by atoms with Crippen LogP contribution in [-0.2, 0) is 9.53 Å². The van der Waals surface area contributed by atoms with Crippen molar-refractivity contribution in [1.29, 1.82) is 0 Å². The van der Waals surface area contributed by atoms with Gasteiger partial charge >= 0.3 is 5.97 Å². The summed E-state index contributed by atoms with van der Waals surface area (Å²) in [7, 11) is 0. The fraction of sp³-hybridized carbons (Fsp3) is 0.182. The van der Waals surface area contributed by atoms with Crippen molar-refractivity contribution in [1.82, 2.24) is 9.97 Å². The predicted octanol–water partition coefficient (Wildman–Crippen LogP) is 2.21. The van der Waals surface area contributed by atoms with E-state index in [4.69, 9.17) is 0 Å². The van der Waals surface area contributed by atoms with Crippen molar-refractivity contribution in [3.63, 3.8) is 0 Å². The number of aromatic nitrogens is 2. The summed E-state index contributed by atoms with van der Waals surface area (Å²) in [6, 6.07) is 0. The molecule has 0 aromatic carbocycles. The zero-order chi connectivity index (χ0) is 13.3. The van der Waals surface area contributed by atoms with Gasteiger partial charge in [-0.1, -0.05) is 0 Å². The van der Waals surface area contributed by atoms with E-state index in [9.17, 15) is 14.0 Å². The molecule has 0 saturated heterocycles. The van der Waals surface area contributed by atoms with Crippen molar-refractivity contribution in [2.45, 2.75) is 6.92 Å². The molecule has 0 amide bonds. The van der Waals surface area contributed by atoms with Crippen LogP contribution in [0.15, 0.2) is 17.0 Å². The number of esters is 1. The number of carbonyl (C=O) groups is 2. The highest BCUT2D eigenvalue weighted by Crippen LogP contribution is 2.26. The minimum atomic E-state index is -1.01. The summed E-state index contributed by atoms with van der Waals surface area (Å²) in [5.41, 5.74) is 0.256. The van der Waals surface area contributed by atoms with Crippen LogP contribution in [0.25, 0.3) is 10.9 Å². The standard InChI is InChI=1S/C11H8BrFN2O3/c1-2-18-11(17)9(16)5-3-14-8-7(5)6(13)4-15-10(8)12/h3-4,14H,2H2,1H3. The predicted molar refractivity (Wildman–Crippen MR) is 64.7 cm³/mol. The second-order valence-corrected chi connectivity index (χ2v) is 4.15. The molecule has 7 heteroatoms. The smallest absolute Gasteiger partial charge is 0.379 e. The minimum Gasteiger partial charge on any atom is -0.460 e. The Kier molecular flexibility index (Phi) is 3.42. The zero-order valence-corrected chi connectivity index (χ0v) is 10.9. The molecule has 18 heavy (non-hydrogen) atoms. The molecular formula is C11H8BrFN2O3. The van der Waals surface area contributed by atoms with Crippen molar-refractivity contribution in [2.24, 2.45) is 0 Å². The lowest BCUT2D eigenvalue weighted by atomic mass is 10.1. The molecule has 0 saturated carbocycles. The van der Waals surface area contributed by atoms with Gasteiger partial charge in [-0.3, -0.25) is 4.79 Å². The van der Waals surface area contributed by atoms with Crippen molar-refractivity contribution in [3.05, 3.63) is 28.4 Å². The number of nitrogens with zero attached hydrogens (tertiary/aromatic N) is 1. The molecule has 2 aromatic rings. The molecule has 2 aromatic heterocycles. The summed E-state index contributed by atoms with van der Waals surface area (Å²) in [5, 5.41) is 0.0231. The highest BCUT2D eigenvalue weighted by Gasteiger charge is 2.24. The third-order valence-electron chi connectivity index (χ3n) is 2.32. The summed E-state index contributed by atoms with van der Waals surface area (Å²) in [6.07, 6.45) is 2.24. The molecule has 94 valence electrons. The highest BCUT2D eigenvalue weighted by molar-refractivity contribution is 9.10. The van der Waals surface area contributed by atoms with Crippen molar-refractivity contribution < 1.29 is 18.7 Å². The van der Waals surface area contributed by atoms with E-state index in [0.29, 0.717) is 10.1 Å². The van der Waals surface area contributed by atoms with Crippen LogP contribution in [-0.4, -0.2) is 28.3 Å². The number of hydrogen-bond donors (Lipinski definition) is 1. The van der Waals surface area contributed by atoms with Gasteiger partial charge in [0.2, 0.25) is 0 Å². The number of H-pyrrole nitrogens is 1. The number of halogens is 2. The van der Waals surface area contributed by atoms with Gasteiger partial charge in [0, 0.05) is 6.20 Å². The Labute approximate surface area is 109 Å². The van der Waals surface area contributed by atoms with Crippen molar-refractivity contribution >= 4 is 38.6 Å². The van der Waals surface area contributed by atoms with Gasteiger partial charge in [-0.25, -0.2) is 14.2 Å². The molecule has 0 radical (unpaired) electrons. The van der Waals surface area contributed by atoms with Gasteiger partial charge < -0.3 is 9.72 Å². The summed E-state index contributed by atoms with van der Waals surface area (Å²) in [4.78, 5) is 29.6. The molecule has 0 bridgehead atoms. The Morgan fingerprint density at radius 1 is 1.56 bits per heavy atom. The first-order valence-electron chi connectivity index (χ1n) is 5.08. The molecule has 2 heterocycles. The van der Waals surface area contributed by atoms with Crippen LogP contribution < -0.4 is 0 Å². The van der Waals surface area contributed by atoms with E-state index < -0.39 is 17.6 Å². The maximum atomic E-state index is 13.7. The number of nitrogens with one attached hydrogen (secondary N) is 1. The lowest BCUT2D eigenvalue weighted by molar-refractivity contribution is -0.137. The van der Waals surface area contributed by atoms with Gasteiger partial charge in [0.1, 0.15) is 4.60 Å². The first-order valence-corrected chi connectivity index (χ1v) is 5.88. The average molecular weight is 315 g/mol. The lowest BCUT2D eigenvalue weighted by Crippen LogP contribution is -2.17. The maximum Gasteiger partial charge on any atom is 0.379 e. The second kappa shape index (κ2) is 4.85. The fourth-order valence-corrected chi connectivity index (χ4v) is 1.98. The number of ether oxygens (including phenoxy) is 1. The number of pyridine rings is 1. The van der Waals surface area contributed by atoms with Gasteiger partial charge in [0.15, 0.2) is 5.82 Å². The van der Waals surface area contributed by atoms with Crippen molar-refractivity contribution in [3.8, 4) is 0 Å². The molecule has 2 rings (SSSR count). The molecule has 0 aliphatic heterocycles. The number of carbonyl (C=O) groups excluding carboxylic acids is 2. The second-order valence-electron chi connectivity index (χ2n) is 3.40. The van der Waals surface area contributed by atoms with Crippen molar-refractivity contribution in [2.75, 3.05) is 6.61 Å². The van der Waals surface area contributed by atoms with Gasteiger partial charge in [-0.15, -0.1) is 0 Å². The number of hydrogen-bond acceptors (Lipinski definition) is 4. The summed E-state index contributed by atoms with van der Waals surface area (Å²) in [5.74, 6) is -2.58. The number of ketones is 1. The molecule has 1 N–H and O–H groups in total. The first kappa shape index (κ1) is 12.7. The van der Waals surface area contributed by atoms with Crippen LogP contribution in [0.4, 0.5) is 4.39 Å². The fourth-order valence-electron chi connectivity index (χ4n) is 1.56. The normalized spacial score (nSPS) is 10.6. The number of fused-ring (bicyclic) bond motifs is 1. The largest absolute Gasteiger partial charge is 0.460 e. The topological polar surface area (TPSA) is 72.1 Å². The van der Waals surface area contributed by atoms with E-state index in [1.165, 1.54) is 6.20 Å². The van der Waals surface area contributed by atoms with Crippen LogP contribution in [0.2, 0.25) is 0 Å². The zero-order valence-electron chi connectivity index (χ0n) is 9.29. The lowest BCUT2D eigenvalue weighted by Gasteiger charge is -2.00. The molecule has 0 spiro atoms. The Morgan fingerprint density at radius 2 is 2.28 bits per heavy atom. The number of Topliss-reactive ketones (excluding diaryl/α,β-unsaturated/α-hetero) is 1. The third kappa shape index (κ3) is 2.01. The summed E-state index contributed by atoms with van der Waals surface area (Å²) < 4.78 is 18.6. The van der Waals surface area contributed by atoms with Gasteiger partial charge in [-0.2, -0.15) is 0 Å². The van der Waals surface area contributed by atoms with Crippen LogP contribution in [0.1, 0.15) is 17.3 Å². The average Bonchev–Trinajstić information content (AvgIpc) is 2.79. The molecule has 0 atom stereocenters. The summed E-state index contributed by atoms with van der Waals surface area (Å²) >= 11 is 3.12. The first-order chi connectivity index (χ1) is 8.56. The quantitative estimate of drug-likeness (QED) is 0.408. The molecule has 0 aliphatic carbocycles. The van der Waals surface area contributed by atoms with E-state index in [1.54, 1.807) is 6.92 Å². The van der Waals surface area contributed by atoms with Crippen LogP contribution in [0, 0.1) is 5.82 Å². The Hall–Kier alpha value is -1.76. The number of rotatable bonds is 3. The van der Waals surface area contributed by atoms with Gasteiger partial charge in [-0.05, 0) is 22.9 Å². The monoisotopic (exact) mass is 314 g/mol. The van der Waals surface area contributed by atoms with Crippen LogP contribution in [0.5, 0.6) is 0 Å². The van der Waals surface area contributed by atoms with E-state index in [2.05, 4.69) is 30.6 Å². The van der Waals surface area contributed by atoms with Crippen LogP contribution in [0.3, 0.4) is 0 Å². The Bertz CT molecular complexity index is 638. The molecular weight excluding hydrogens is 307 g/mol. The minimum absolute atomic E-state index is 0.0231. The SMILES string of the molecule is CCOC(=O)C(=O)c1c[nH]c2c(Br)ncc(F)c12. The molecule has 5 nitrogen and oxygen atoms in total. The highest BCUT2D eigenvalue weighted by atomic mass is 79.9.